The summed E-state index contributed by atoms with van der Waals surface area (Å²) in [6.45, 7) is 10.0. The quantitative estimate of drug-likeness (QED) is 0.789. The van der Waals surface area contributed by atoms with Crippen LogP contribution in [0.25, 0.3) is 0 Å². The van der Waals surface area contributed by atoms with Crippen molar-refractivity contribution in [3.05, 3.63) is 24.0 Å². The number of rotatable bonds is 6. The third-order valence-electron chi connectivity index (χ3n) is 5.59. The topological polar surface area (TPSA) is 43.8 Å². The fourth-order valence-corrected chi connectivity index (χ4v) is 3.85. The minimum absolute atomic E-state index is 0.0887. The summed E-state index contributed by atoms with van der Waals surface area (Å²) in [6, 6.07) is 4.88. The van der Waals surface area contributed by atoms with Crippen LogP contribution in [0.15, 0.2) is 18.2 Å². The minimum Gasteiger partial charge on any atom is -0.432 e. The molecule has 7 heteroatoms. The molecule has 25 heavy (non-hydrogen) atoms. The number of hydrogen-bond acceptors (Lipinski definition) is 2. The number of hydrogen-bond donors (Lipinski definition) is 1. The van der Waals surface area contributed by atoms with Crippen molar-refractivity contribution in [3.63, 3.8) is 0 Å². The van der Waals surface area contributed by atoms with Crippen LogP contribution in [-0.2, 0) is 0 Å². The Hall–Kier alpha value is -1.34. The van der Waals surface area contributed by atoms with Gasteiger partial charge in [0.15, 0.2) is 8.32 Å². The van der Waals surface area contributed by atoms with Gasteiger partial charge >= 0.3 is 6.03 Å². The van der Waals surface area contributed by atoms with Gasteiger partial charge in [-0.2, -0.15) is 0 Å². The lowest BCUT2D eigenvalue weighted by atomic mass is 9.96. The maximum atomic E-state index is 14.2. The van der Waals surface area contributed by atoms with E-state index in [9.17, 15) is 14.0 Å². The molecule has 2 rings (SSSR count). The summed E-state index contributed by atoms with van der Waals surface area (Å²) in [5.41, 5.74) is 1.21. The van der Waals surface area contributed by atoms with Crippen molar-refractivity contribution in [3.8, 4) is 0 Å². The van der Waals surface area contributed by atoms with E-state index in [1.165, 1.54) is 6.07 Å². The van der Waals surface area contributed by atoms with Crippen molar-refractivity contribution in [1.82, 2.24) is 4.90 Å². The van der Waals surface area contributed by atoms with Crippen molar-refractivity contribution < 1.29 is 14.0 Å². The van der Waals surface area contributed by atoms with Gasteiger partial charge in [-0.05, 0) is 49.5 Å². The van der Waals surface area contributed by atoms with Crippen LogP contribution in [0, 0.1) is 5.82 Å². The molecule has 138 valence electrons. The molecule has 1 heterocycles. The molecule has 0 unspecified atom stereocenters. The third kappa shape index (κ3) is 4.64. The fraction of sp³-hybridized carbons (Fsp3) is 0.611. The highest BCUT2D eigenvalue weighted by atomic mass is 28.4. The van der Waals surface area contributed by atoms with Gasteiger partial charge in [0.1, 0.15) is 13.7 Å². The first kappa shape index (κ1) is 20.0. The Bertz CT molecular complexity index is 634. The van der Waals surface area contributed by atoms with E-state index in [2.05, 4.69) is 13.8 Å². The fourth-order valence-electron chi connectivity index (χ4n) is 3.06. The molecule has 1 aliphatic heterocycles. The van der Waals surface area contributed by atoms with E-state index < -0.39 is 8.32 Å². The number of carbonyl (C=O) groups excluding carboxylic acids is 1. The zero-order valence-electron chi connectivity index (χ0n) is 16.1. The second-order valence-corrected chi connectivity index (χ2v) is 12.7. The summed E-state index contributed by atoms with van der Waals surface area (Å²) in [4.78, 5) is 26.5. The van der Waals surface area contributed by atoms with E-state index in [0.717, 1.165) is 24.7 Å². The van der Waals surface area contributed by atoms with Gasteiger partial charge in [0.2, 0.25) is 0 Å². The average molecular weight is 364 g/mol. The number of nitrogens with zero attached hydrogens (tertiary/aromatic N) is 2. The van der Waals surface area contributed by atoms with Crippen molar-refractivity contribution in [2.45, 2.75) is 51.2 Å². The molecule has 1 fully saturated rings. The van der Waals surface area contributed by atoms with Crippen LogP contribution < -0.4 is 10.4 Å². The lowest BCUT2D eigenvalue weighted by molar-refractivity contribution is 0.193. The molecule has 0 spiro atoms. The monoisotopic (exact) mass is 364 g/mol. The number of carbonyl (C=O) groups is 1. The number of urea groups is 1. The van der Waals surface area contributed by atoms with E-state index in [1.54, 1.807) is 11.0 Å². The molecule has 0 saturated carbocycles. The summed E-state index contributed by atoms with van der Waals surface area (Å²) < 4.78 is 14.2. The summed E-state index contributed by atoms with van der Waals surface area (Å²) in [7, 11) is -0.393. The molecule has 1 saturated heterocycles. The smallest absolute Gasteiger partial charge is 0.324 e. The van der Waals surface area contributed by atoms with E-state index in [1.807, 2.05) is 31.9 Å². The van der Waals surface area contributed by atoms with Gasteiger partial charge in [-0.1, -0.05) is 25.4 Å². The van der Waals surface area contributed by atoms with Crippen LogP contribution in [-0.4, -0.2) is 51.5 Å². The molecular formula is C18H30BFN2O2Si. The summed E-state index contributed by atoms with van der Waals surface area (Å²) in [5.74, 6) is -0.343. The molecule has 0 bridgehead atoms. The number of halogens is 1. The Morgan fingerprint density at radius 1 is 1.32 bits per heavy atom. The van der Waals surface area contributed by atoms with Gasteiger partial charge in [0.25, 0.3) is 0 Å². The first-order valence-electron chi connectivity index (χ1n) is 9.08. The molecule has 0 atom stereocenters. The molecule has 1 aromatic rings. The second kappa shape index (κ2) is 7.50. The maximum Gasteiger partial charge on any atom is 0.324 e. The average Bonchev–Trinajstić information content (AvgIpc) is 2.48. The largest absolute Gasteiger partial charge is 0.432 e. The highest BCUT2D eigenvalue weighted by Gasteiger charge is 2.37. The Morgan fingerprint density at radius 3 is 2.60 bits per heavy atom. The van der Waals surface area contributed by atoms with Crippen molar-refractivity contribution in [1.29, 1.82) is 0 Å². The molecule has 0 aromatic heterocycles. The summed E-state index contributed by atoms with van der Waals surface area (Å²) >= 11 is 0. The lowest BCUT2D eigenvalue weighted by Crippen LogP contribution is -2.50. The Kier molecular flexibility index (Phi) is 5.99. The molecule has 1 N–H and O–H groups in total. The lowest BCUT2D eigenvalue weighted by Gasteiger charge is -2.38. The predicted molar refractivity (Wildman–Crippen MR) is 106 cm³/mol. The van der Waals surface area contributed by atoms with Crippen LogP contribution in [0.5, 0.6) is 0 Å². The van der Waals surface area contributed by atoms with Crippen LogP contribution in [0.1, 0.15) is 33.1 Å². The standard InChI is InChI=1S/C18H30BFN2O2Si/c1-18(2,25(3,4)24)9-5-10-21-11-6-12-22(17(21)23)16-8-7-14(19)13-15(16)20/h7-8,13,24H,5-6,9-12,19H2,1-4H3. The van der Waals surface area contributed by atoms with Crippen molar-refractivity contribution in [2.24, 2.45) is 0 Å². The molecule has 1 aliphatic rings. The third-order valence-corrected chi connectivity index (χ3v) is 9.15. The highest BCUT2D eigenvalue weighted by Crippen LogP contribution is 2.39. The zero-order chi connectivity index (χ0) is 18.8. The van der Waals surface area contributed by atoms with Gasteiger partial charge in [0.05, 0.1) is 5.69 Å². The molecule has 1 aromatic carbocycles. The molecular weight excluding hydrogens is 334 g/mol. The van der Waals surface area contributed by atoms with Gasteiger partial charge in [-0.3, -0.25) is 4.90 Å². The number of anilines is 1. The van der Waals surface area contributed by atoms with Gasteiger partial charge in [0, 0.05) is 19.6 Å². The number of amides is 2. The molecule has 4 nitrogen and oxygen atoms in total. The maximum absolute atomic E-state index is 14.2. The van der Waals surface area contributed by atoms with Crippen molar-refractivity contribution >= 4 is 33.3 Å². The number of benzene rings is 1. The Labute approximate surface area is 152 Å². The Balaban J connectivity index is 2.00. The van der Waals surface area contributed by atoms with E-state index in [4.69, 9.17) is 0 Å². The van der Waals surface area contributed by atoms with Crippen LogP contribution in [0.4, 0.5) is 14.9 Å². The van der Waals surface area contributed by atoms with E-state index in [0.29, 0.717) is 25.3 Å². The van der Waals surface area contributed by atoms with Crippen molar-refractivity contribution in [2.75, 3.05) is 24.5 Å². The highest BCUT2D eigenvalue weighted by molar-refractivity contribution is 6.72. The molecule has 0 radical (unpaired) electrons. The van der Waals surface area contributed by atoms with Crippen LogP contribution in [0.2, 0.25) is 18.1 Å². The minimum atomic E-state index is -2.23. The molecule has 2 amide bonds. The van der Waals surface area contributed by atoms with E-state index in [-0.39, 0.29) is 16.9 Å². The molecule has 0 aliphatic carbocycles. The normalized spacial score (nSPS) is 16.5. The van der Waals surface area contributed by atoms with E-state index >= 15 is 0 Å². The SMILES string of the molecule is Bc1ccc(N2CCCN(CCCC(C)(C)[Si](C)(C)O)C2=O)c(F)c1. The van der Waals surface area contributed by atoms with Gasteiger partial charge < -0.3 is 9.70 Å². The summed E-state index contributed by atoms with van der Waals surface area (Å²) in [6.07, 6.45) is 2.56. The summed E-state index contributed by atoms with van der Waals surface area (Å²) in [5, 5.41) is -0.0887. The first-order chi connectivity index (χ1) is 11.5. The zero-order valence-corrected chi connectivity index (χ0v) is 17.1. The van der Waals surface area contributed by atoms with Gasteiger partial charge in [-0.25, -0.2) is 9.18 Å². The van der Waals surface area contributed by atoms with Gasteiger partial charge in [-0.15, -0.1) is 0 Å². The first-order valence-corrected chi connectivity index (χ1v) is 12.0. The van der Waals surface area contributed by atoms with Crippen LogP contribution >= 0.6 is 0 Å². The van der Waals surface area contributed by atoms with Crippen LogP contribution in [0.3, 0.4) is 0 Å². The second-order valence-electron chi connectivity index (χ2n) is 8.28. The predicted octanol–water partition coefficient (Wildman–Crippen LogP) is 2.47. The Morgan fingerprint density at radius 2 is 2.00 bits per heavy atom.